The van der Waals surface area contributed by atoms with Crippen molar-refractivity contribution >= 4 is 5.97 Å². The molecule has 3 heteroatoms. The Morgan fingerprint density at radius 2 is 2.38 bits per heavy atom. The fraction of sp³-hybridized carbons (Fsp3) is 0.700. The molecule has 2 aliphatic rings. The summed E-state index contributed by atoms with van der Waals surface area (Å²) in [5, 5.41) is 0. The molecule has 0 aromatic rings. The van der Waals surface area contributed by atoms with Gasteiger partial charge >= 0.3 is 5.97 Å². The second kappa shape index (κ2) is 3.14. The van der Waals surface area contributed by atoms with E-state index in [0.29, 0.717) is 30.3 Å². The number of hydrogen-bond acceptors (Lipinski definition) is 3. The fourth-order valence-electron chi connectivity index (χ4n) is 1.83. The van der Waals surface area contributed by atoms with Crippen molar-refractivity contribution in [1.29, 1.82) is 0 Å². The van der Waals surface area contributed by atoms with Crippen LogP contribution in [0, 0.1) is 5.92 Å². The molecule has 0 aromatic carbocycles. The minimum atomic E-state index is -0.288. The maximum absolute atomic E-state index is 11.1. The SMILES string of the molecule is C=C(C)C(=O)OCC1CCC2OC12. The summed E-state index contributed by atoms with van der Waals surface area (Å²) in [6, 6.07) is 0. The lowest BCUT2D eigenvalue weighted by Gasteiger charge is -2.10. The third kappa shape index (κ3) is 1.75. The zero-order valence-electron chi connectivity index (χ0n) is 7.79. The summed E-state index contributed by atoms with van der Waals surface area (Å²) < 4.78 is 10.4. The normalized spacial score (nSPS) is 35.3. The van der Waals surface area contributed by atoms with E-state index in [-0.39, 0.29) is 5.97 Å². The predicted octanol–water partition coefficient (Wildman–Crippen LogP) is 1.28. The molecule has 0 aromatic heterocycles. The molecule has 1 aliphatic carbocycles. The zero-order chi connectivity index (χ0) is 9.42. The predicted molar refractivity (Wildman–Crippen MR) is 47.2 cm³/mol. The van der Waals surface area contributed by atoms with Gasteiger partial charge in [0.25, 0.3) is 0 Å². The molecule has 1 heterocycles. The molecule has 2 rings (SSSR count). The van der Waals surface area contributed by atoms with Crippen LogP contribution in [0.25, 0.3) is 0 Å². The Balaban J connectivity index is 1.73. The van der Waals surface area contributed by atoms with Crippen molar-refractivity contribution in [3.05, 3.63) is 12.2 Å². The van der Waals surface area contributed by atoms with Crippen LogP contribution in [0.15, 0.2) is 12.2 Å². The largest absolute Gasteiger partial charge is 0.462 e. The Bertz CT molecular complexity index is 247. The molecule has 1 saturated carbocycles. The van der Waals surface area contributed by atoms with Crippen LogP contribution in [-0.4, -0.2) is 24.8 Å². The first-order valence-electron chi connectivity index (χ1n) is 4.66. The molecule has 1 saturated heterocycles. The quantitative estimate of drug-likeness (QED) is 0.375. The van der Waals surface area contributed by atoms with E-state index in [1.807, 2.05) is 0 Å². The van der Waals surface area contributed by atoms with E-state index in [0.717, 1.165) is 12.8 Å². The Labute approximate surface area is 77.7 Å². The summed E-state index contributed by atoms with van der Waals surface area (Å²) in [6.45, 7) is 5.68. The maximum atomic E-state index is 11.1. The van der Waals surface area contributed by atoms with Crippen LogP contribution in [0.4, 0.5) is 0 Å². The first kappa shape index (κ1) is 8.75. The summed E-state index contributed by atoms with van der Waals surface area (Å²) in [7, 11) is 0. The summed E-state index contributed by atoms with van der Waals surface area (Å²) in [4.78, 5) is 11.1. The smallest absolute Gasteiger partial charge is 0.333 e. The van der Waals surface area contributed by atoms with E-state index in [4.69, 9.17) is 9.47 Å². The van der Waals surface area contributed by atoms with Crippen molar-refractivity contribution in [2.75, 3.05) is 6.61 Å². The van der Waals surface area contributed by atoms with Gasteiger partial charge in [-0.2, -0.15) is 0 Å². The number of ether oxygens (including phenoxy) is 2. The Kier molecular flexibility index (Phi) is 2.12. The lowest BCUT2D eigenvalue weighted by molar-refractivity contribution is -0.140. The number of rotatable bonds is 3. The van der Waals surface area contributed by atoms with Crippen LogP contribution < -0.4 is 0 Å². The van der Waals surface area contributed by atoms with E-state index in [2.05, 4.69) is 6.58 Å². The van der Waals surface area contributed by atoms with Crippen molar-refractivity contribution < 1.29 is 14.3 Å². The monoisotopic (exact) mass is 182 g/mol. The third-order valence-electron chi connectivity index (χ3n) is 2.69. The highest BCUT2D eigenvalue weighted by molar-refractivity contribution is 5.86. The van der Waals surface area contributed by atoms with Crippen LogP contribution in [-0.2, 0) is 14.3 Å². The molecule has 3 atom stereocenters. The summed E-state index contributed by atoms with van der Waals surface area (Å²) in [6.07, 6.45) is 3.09. The molecule has 2 fully saturated rings. The number of epoxide rings is 1. The van der Waals surface area contributed by atoms with Crippen molar-refractivity contribution in [3.63, 3.8) is 0 Å². The highest BCUT2D eigenvalue weighted by atomic mass is 16.6. The van der Waals surface area contributed by atoms with Crippen LogP contribution in [0.3, 0.4) is 0 Å². The number of fused-ring (bicyclic) bond motifs is 1. The lowest BCUT2D eigenvalue weighted by atomic mass is 10.1. The molecule has 0 radical (unpaired) electrons. The highest BCUT2D eigenvalue weighted by Gasteiger charge is 2.50. The number of esters is 1. The minimum Gasteiger partial charge on any atom is -0.462 e. The van der Waals surface area contributed by atoms with Gasteiger partial charge in [-0.05, 0) is 19.8 Å². The van der Waals surface area contributed by atoms with Gasteiger partial charge < -0.3 is 9.47 Å². The average molecular weight is 182 g/mol. The highest BCUT2D eigenvalue weighted by Crippen LogP contribution is 2.42. The molecule has 72 valence electrons. The van der Waals surface area contributed by atoms with Crippen LogP contribution in [0.1, 0.15) is 19.8 Å². The molecule has 1 aliphatic heterocycles. The van der Waals surface area contributed by atoms with Gasteiger partial charge in [0.1, 0.15) is 0 Å². The van der Waals surface area contributed by atoms with Gasteiger partial charge in [-0.1, -0.05) is 6.58 Å². The standard InChI is InChI=1S/C10H14O3/c1-6(2)10(11)12-5-7-3-4-8-9(7)13-8/h7-9H,1,3-5H2,2H3. The van der Waals surface area contributed by atoms with Crippen LogP contribution in [0.5, 0.6) is 0 Å². The second-order valence-corrected chi connectivity index (χ2v) is 3.86. The molecule has 0 spiro atoms. The number of hydrogen-bond donors (Lipinski definition) is 0. The van der Waals surface area contributed by atoms with Crippen molar-refractivity contribution in [2.24, 2.45) is 5.92 Å². The maximum Gasteiger partial charge on any atom is 0.333 e. The minimum absolute atomic E-state index is 0.288. The van der Waals surface area contributed by atoms with Crippen molar-refractivity contribution in [1.82, 2.24) is 0 Å². The van der Waals surface area contributed by atoms with Gasteiger partial charge in [0.05, 0.1) is 18.8 Å². The van der Waals surface area contributed by atoms with E-state index in [9.17, 15) is 4.79 Å². The molecular weight excluding hydrogens is 168 g/mol. The summed E-state index contributed by atoms with van der Waals surface area (Å²) in [5.41, 5.74) is 0.464. The Hall–Kier alpha value is -0.830. The lowest BCUT2D eigenvalue weighted by Crippen LogP contribution is -2.16. The van der Waals surface area contributed by atoms with Gasteiger partial charge in [-0.15, -0.1) is 0 Å². The van der Waals surface area contributed by atoms with Crippen LogP contribution >= 0.6 is 0 Å². The topological polar surface area (TPSA) is 38.8 Å². The first-order chi connectivity index (χ1) is 6.18. The number of carbonyl (C=O) groups is 1. The van der Waals surface area contributed by atoms with Gasteiger partial charge in [0, 0.05) is 11.5 Å². The molecule has 0 N–H and O–H groups in total. The van der Waals surface area contributed by atoms with Gasteiger partial charge in [0.2, 0.25) is 0 Å². The Morgan fingerprint density at radius 1 is 1.62 bits per heavy atom. The van der Waals surface area contributed by atoms with Gasteiger partial charge in [-0.25, -0.2) is 4.79 Å². The molecule has 13 heavy (non-hydrogen) atoms. The third-order valence-corrected chi connectivity index (χ3v) is 2.69. The van der Waals surface area contributed by atoms with E-state index in [1.54, 1.807) is 6.92 Å². The van der Waals surface area contributed by atoms with E-state index < -0.39 is 0 Å². The first-order valence-corrected chi connectivity index (χ1v) is 4.66. The molecule has 3 nitrogen and oxygen atoms in total. The molecular formula is C10H14O3. The zero-order valence-corrected chi connectivity index (χ0v) is 7.79. The van der Waals surface area contributed by atoms with Gasteiger partial charge in [-0.3, -0.25) is 0 Å². The summed E-state index contributed by atoms with van der Waals surface area (Å²) in [5.74, 6) is 0.136. The second-order valence-electron chi connectivity index (χ2n) is 3.86. The van der Waals surface area contributed by atoms with Gasteiger partial charge in [0.15, 0.2) is 0 Å². The average Bonchev–Trinajstić information content (AvgIpc) is 2.77. The van der Waals surface area contributed by atoms with E-state index >= 15 is 0 Å². The van der Waals surface area contributed by atoms with Crippen LogP contribution in [0.2, 0.25) is 0 Å². The Morgan fingerprint density at radius 3 is 2.85 bits per heavy atom. The number of carbonyl (C=O) groups excluding carboxylic acids is 1. The molecule has 3 unspecified atom stereocenters. The van der Waals surface area contributed by atoms with Crippen molar-refractivity contribution in [3.8, 4) is 0 Å². The molecule has 0 amide bonds. The van der Waals surface area contributed by atoms with Crippen molar-refractivity contribution in [2.45, 2.75) is 32.0 Å². The summed E-state index contributed by atoms with van der Waals surface area (Å²) >= 11 is 0. The van der Waals surface area contributed by atoms with E-state index in [1.165, 1.54) is 0 Å². The fourth-order valence-corrected chi connectivity index (χ4v) is 1.83. The molecule has 0 bridgehead atoms.